The SMILES string of the molecule is COc1ccc(CS(=O)CC2(CC(=O)O)CC2)cc1C#N. The van der Waals surface area contributed by atoms with Gasteiger partial charge in [-0.25, -0.2) is 0 Å². The van der Waals surface area contributed by atoms with E-state index in [1.807, 2.05) is 6.07 Å². The molecule has 1 atom stereocenters. The van der Waals surface area contributed by atoms with E-state index < -0.39 is 16.8 Å². The zero-order valence-electron chi connectivity index (χ0n) is 11.8. The van der Waals surface area contributed by atoms with Gasteiger partial charge in [-0.15, -0.1) is 0 Å². The van der Waals surface area contributed by atoms with Crippen LogP contribution in [0.5, 0.6) is 5.75 Å². The molecule has 1 aliphatic carbocycles. The molecule has 1 aliphatic rings. The number of carboxylic acid groups (broad SMARTS) is 1. The van der Waals surface area contributed by atoms with Crippen molar-refractivity contribution in [1.29, 1.82) is 5.26 Å². The van der Waals surface area contributed by atoms with Gasteiger partial charge in [0.25, 0.3) is 0 Å². The number of methoxy groups -OCH3 is 1. The fourth-order valence-corrected chi connectivity index (χ4v) is 4.11. The van der Waals surface area contributed by atoms with Crippen LogP contribution in [-0.2, 0) is 21.3 Å². The van der Waals surface area contributed by atoms with Crippen LogP contribution in [0.3, 0.4) is 0 Å². The Balaban J connectivity index is 2.00. The van der Waals surface area contributed by atoms with Gasteiger partial charge in [-0.3, -0.25) is 9.00 Å². The highest BCUT2D eigenvalue weighted by Crippen LogP contribution is 2.49. The first-order chi connectivity index (χ1) is 9.98. The minimum absolute atomic E-state index is 0.0881. The first kappa shape index (κ1) is 15.5. The van der Waals surface area contributed by atoms with E-state index in [2.05, 4.69) is 0 Å². The molecule has 5 nitrogen and oxygen atoms in total. The van der Waals surface area contributed by atoms with E-state index in [0.717, 1.165) is 18.4 Å². The van der Waals surface area contributed by atoms with Crippen molar-refractivity contribution in [2.45, 2.75) is 25.0 Å². The summed E-state index contributed by atoms with van der Waals surface area (Å²) in [6.07, 6.45) is 1.75. The standard InChI is InChI=1S/C15H17NO4S/c1-20-13-3-2-11(6-12(13)8-16)9-21(19)10-15(4-5-15)7-14(17)18/h2-3,6H,4-5,7,9-10H2,1H3,(H,17,18). The molecule has 0 aromatic heterocycles. The van der Waals surface area contributed by atoms with E-state index in [1.54, 1.807) is 18.2 Å². The zero-order chi connectivity index (χ0) is 15.5. The normalized spacial score (nSPS) is 16.8. The Hall–Kier alpha value is -1.87. The number of carbonyl (C=O) groups is 1. The number of hydrogen-bond donors (Lipinski definition) is 1. The highest BCUT2D eigenvalue weighted by Gasteiger charge is 2.45. The predicted molar refractivity (Wildman–Crippen MR) is 78.3 cm³/mol. The molecule has 0 spiro atoms. The van der Waals surface area contributed by atoms with Gasteiger partial charge in [0, 0.05) is 22.3 Å². The van der Waals surface area contributed by atoms with Gasteiger partial charge in [0.1, 0.15) is 11.8 Å². The molecule has 21 heavy (non-hydrogen) atoms. The second-order valence-corrected chi connectivity index (χ2v) is 6.90. The minimum Gasteiger partial charge on any atom is -0.495 e. The molecule has 1 aromatic rings. The van der Waals surface area contributed by atoms with Crippen molar-refractivity contribution in [2.75, 3.05) is 12.9 Å². The minimum atomic E-state index is -1.13. The van der Waals surface area contributed by atoms with Gasteiger partial charge in [0.15, 0.2) is 0 Å². The van der Waals surface area contributed by atoms with Crippen LogP contribution in [0.15, 0.2) is 18.2 Å². The number of ether oxygens (including phenoxy) is 1. The van der Waals surface area contributed by atoms with Crippen LogP contribution < -0.4 is 4.74 Å². The van der Waals surface area contributed by atoms with E-state index in [4.69, 9.17) is 15.1 Å². The van der Waals surface area contributed by atoms with Gasteiger partial charge in [-0.2, -0.15) is 5.26 Å². The fraction of sp³-hybridized carbons (Fsp3) is 0.467. The topological polar surface area (TPSA) is 87.4 Å². The summed E-state index contributed by atoms with van der Waals surface area (Å²) in [5, 5.41) is 17.9. The largest absolute Gasteiger partial charge is 0.495 e. The Morgan fingerprint density at radius 2 is 2.24 bits per heavy atom. The molecule has 0 saturated heterocycles. The second kappa shape index (κ2) is 6.27. The first-order valence-corrected chi connectivity index (χ1v) is 8.11. The van der Waals surface area contributed by atoms with Crippen molar-refractivity contribution >= 4 is 16.8 Å². The summed E-state index contributed by atoms with van der Waals surface area (Å²) in [6, 6.07) is 7.20. The molecule has 0 bridgehead atoms. The summed E-state index contributed by atoms with van der Waals surface area (Å²) in [4.78, 5) is 10.8. The van der Waals surface area contributed by atoms with Gasteiger partial charge in [0.05, 0.1) is 19.1 Å². The monoisotopic (exact) mass is 307 g/mol. The second-order valence-electron chi connectivity index (χ2n) is 5.45. The van der Waals surface area contributed by atoms with Gasteiger partial charge in [0.2, 0.25) is 0 Å². The molecule has 6 heteroatoms. The van der Waals surface area contributed by atoms with Crippen LogP contribution in [-0.4, -0.2) is 28.1 Å². The molecule has 2 rings (SSSR count). The van der Waals surface area contributed by atoms with Crippen LogP contribution in [0.25, 0.3) is 0 Å². The fourth-order valence-electron chi connectivity index (χ4n) is 2.38. The van der Waals surface area contributed by atoms with Gasteiger partial charge < -0.3 is 9.84 Å². The van der Waals surface area contributed by atoms with Crippen LogP contribution in [0.2, 0.25) is 0 Å². The number of rotatable bonds is 7. The van der Waals surface area contributed by atoms with Crippen molar-refractivity contribution in [1.82, 2.24) is 0 Å². The molecule has 1 aromatic carbocycles. The molecule has 0 heterocycles. The molecule has 112 valence electrons. The Labute approximate surface area is 126 Å². The average molecular weight is 307 g/mol. The van der Waals surface area contributed by atoms with E-state index in [1.165, 1.54) is 7.11 Å². The highest BCUT2D eigenvalue weighted by atomic mass is 32.2. The third-order valence-electron chi connectivity index (χ3n) is 3.66. The molecule has 1 unspecified atom stereocenters. The lowest BCUT2D eigenvalue weighted by Crippen LogP contribution is -2.17. The molecule has 0 amide bonds. The Kier molecular flexibility index (Phi) is 4.63. The molecule has 1 saturated carbocycles. The maximum atomic E-state index is 12.2. The molecule has 1 fully saturated rings. The summed E-state index contributed by atoms with van der Waals surface area (Å²) < 4.78 is 17.3. The molecule has 0 aliphatic heterocycles. The van der Waals surface area contributed by atoms with Crippen LogP contribution >= 0.6 is 0 Å². The van der Waals surface area contributed by atoms with Crippen LogP contribution in [0.4, 0.5) is 0 Å². The number of nitriles is 1. The van der Waals surface area contributed by atoms with E-state index >= 15 is 0 Å². The highest BCUT2D eigenvalue weighted by molar-refractivity contribution is 7.84. The van der Waals surface area contributed by atoms with Gasteiger partial charge >= 0.3 is 5.97 Å². The van der Waals surface area contributed by atoms with Crippen molar-refractivity contribution in [2.24, 2.45) is 5.41 Å². The molecule has 0 radical (unpaired) electrons. The van der Waals surface area contributed by atoms with Gasteiger partial charge in [-0.05, 0) is 36.0 Å². The maximum absolute atomic E-state index is 12.2. The van der Waals surface area contributed by atoms with Crippen molar-refractivity contribution < 1.29 is 18.8 Å². The number of aliphatic carboxylic acids is 1. The van der Waals surface area contributed by atoms with Gasteiger partial charge in [-0.1, -0.05) is 6.07 Å². The maximum Gasteiger partial charge on any atom is 0.303 e. The third kappa shape index (κ3) is 4.05. The van der Waals surface area contributed by atoms with E-state index in [9.17, 15) is 9.00 Å². The number of hydrogen-bond acceptors (Lipinski definition) is 4. The predicted octanol–water partition coefficient (Wildman–Crippen LogP) is 2.07. The van der Waals surface area contributed by atoms with Crippen molar-refractivity contribution in [3.05, 3.63) is 29.3 Å². The Bertz CT molecular complexity index is 617. The smallest absolute Gasteiger partial charge is 0.303 e. The molecular formula is C15H17NO4S. The Morgan fingerprint density at radius 3 is 2.76 bits per heavy atom. The first-order valence-electron chi connectivity index (χ1n) is 6.62. The number of nitrogens with zero attached hydrogens (tertiary/aromatic N) is 1. The summed E-state index contributed by atoms with van der Waals surface area (Å²) in [6.45, 7) is 0. The van der Waals surface area contributed by atoms with Crippen LogP contribution in [0, 0.1) is 16.7 Å². The third-order valence-corrected chi connectivity index (χ3v) is 5.25. The summed E-state index contributed by atoms with van der Waals surface area (Å²) in [7, 11) is 0.370. The quantitative estimate of drug-likeness (QED) is 0.833. The average Bonchev–Trinajstić information content (AvgIpc) is 3.16. The van der Waals surface area contributed by atoms with Crippen LogP contribution in [0.1, 0.15) is 30.4 Å². The summed E-state index contributed by atoms with van der Waals surface area (Å²) >= 11 is 0. The zero-order valence-corrected chi connectivity index (χ0v) is 12.6. The summed E-state index contributed by atoms with van der Waals surface area (Å²) in [5.74, 6) is 0.407. The molecule has 1 N–H and O–H groups in total. The number of benzene rings is 1. The lowest BCUT2D eigenvalue weighted by atomic mass is 10.1. The lowest BCUT2D eigenvalue weighted by molar-refractivity contribution is -0.138. The van der Waals surface area contributed by atoms with E-state index in [0.29, 0.717) is 22.8 Å². The van der Waals surface area contributed by atoms with E-state index in [-0.39, 0.29) is 11.8 Å². The lowest BCUT2D eigenvalue weighted by Gasteiger charge is -2.12. The van der Waals surface area contributed by atoms with Crippen molar-refractivity contribution in [3.63, 3.8) is 0 Å². The molecular weight excluding hydrogens is 290 g/mol. The number of carboxylic acids is 1. The Morgan fingerprint density at radius 1 is 1.52 bits per heavy atom. The van der Waals surface area contributed by atoms with Crippen molar-refractivity contribution in [3.8, 4) is 11.8 Å². The summed E-state index contributed by atoms with van der Waals surface area (Å²) in [5.41, 5.74) is 0.941.